The van der Waals surface area contributed by atoms with Gasteiger partial charge in [0.25, 0.3) is 5.69 Å². The Hall–Kier alpha value is -4.77. The summed E-state index contributed by atoms with van der Waals surface area (Å²) in [5.74, 6) is 0.594. The van der Waals surface area contributed by atoms with E-state index in [9.17, 15) is 10.1 Å². The SMILES string of the molecule is CC(C)CC[N+]1=C(C=CC=C2N(C)c3ccc([N+](=O)[O-])cc3C2(C)Cc2ccccc2)C(C)(C)c2cc(-c3ccccc3)ccc21. The van der Waals surface area contributed by atoms with E-state index >= 15 is 0 Å². The van der Waals surface area contributed by atoms with Crippen molar-refractivity contribution in [3.8, 4) is 11.1 Å². The number of rotatable bonds is 9. The number of anilines is 1. The molecule has 0 fully saturated rings. The molecule has 0 amide bonds. The third-order valence-electron chi connectivity index (χ3n) is 9.91. The molecule has 5 heteroatoms. The number of nitrogens with zero attached hydrogens (tertiary/aromatic N) is 3. The normalized spacial score (nSPS) is 19.4. The van der Waals surface area contributed by atoms with E-state index in [4.69, 9.17) is 0 Å². The first kappa shape index (κ1) is 31.2. The van der Waals surface area contributed by atoms with Gasteiger partial charge in [-0.25, -0.2) is 0 Å². The minimum Gasteiger partial charge on any atom is -0.347 e. The van der Waals surface area contributed by atoms with Crippen LogP contribution in [0.15, 0.2) is 121 Å². The zero-order valence-electron chi connectivity index (χ0n) is 27.8. The highest BCUT2D eigenvalue weighted by atomic mass is 16.6. The fourth-order valence-corrected chi connectivity index (χ4v) is 7.34. The van der Waals surface area contributed by atoms with E-state index in [2.05, 4.69) is 142 Å². The van der Waals surface area contributed by atoms with Crippen LogP contribution in [0.25, 0.3) is 11.1 Å². The molecular weight excluding hydrogens is 566 g/mol. The fourth-order valence-electron chi connectivity index (χ4n) is 7.34. The van der Waals surface area contributed by atoms with Crippen LogP contribution >= 0.6 is 0 Å². The molecular formula is C41H44N3O2+. The van der Waals surface area contributed by atoms with E-state index in [1.54, 1.807) is 12.1 Å². The molecule has 4 aromatic rings. The van der Waals surface area contributed by atoms with Crippen LogP contribution in [-0.4, -0.2) is 28.8 Å². The second-order valence-corrected chi connectivity index (χ2v) is 13.9. The summed E-state index contributed by atoms with van der Waals surface area (Å²) in [7, 11) is 2.07. The third kappa shape index (κ3) is 5.60. The van der Waals surface area contributed by atoms with Gasteiger partial charge in [0.05, 0.1) is 10.3 Å². The molecule has 0 saturated heterocycles. The summed E-state index contributed by atoms with van der Waals surface area (Å²) in [6, 6.07) is 33.2. The number of hydrogen-bond acceptors (Lipinski definition) is 3. The van der Waals surface area contributed by atoms with E-state index in [1.807, 2.05) is 12.1 Å². The number of likely N-dealkylation sites (N-methyl/N-ethyl adjacent to an activating group) is 1. The maximum Gasteiger partial charge on any atom is 0.269 e. The van der Waals surface area contributed by atoms with Gasteiger partial charge < -0.3 is 4.90 Å². The lowest BCUT2D eigenvalue weighted by atomic mass is 9.76. The second-order valence-electron chi connectivity index (χ2n) is 13.9. The van der Waals surface area contributed by atoms with Gasteiger partial charge in [0, 0.05) is 60.1 Å². The molecule has 6 rings (SSSR count). The highest BCUT2D eigenvalue weighted by Gasteiger charge is 2.45. The molecule has 0 aromatic heterocycles. The fraction of sp³-hybridized carbons (Fsp3) is 0.293. The number of allylic oxidation sites excluding steroid dienone is 4. The first-order valence-corrected chi connectivity index (χ1v) is 16.3. The van der Waals surface area contributed by atoms with Gasteiger partial charge in [-0.05, 0) is 79.6 Å². The number of nitro groups is 1. The van der Waals surface area contributed by atoms with Gasteiger partial charge >= 0.3 is 0 Å². The predicted octanol–water partition coefficient (Wildman–Crippen LogP) is 9.77. The Morgan fingerprint density at radius 2 is 1.57 bits per heavy atom. The summed E-state index contributed by atoms with van der Waals surface area (Å²) >= 11 is 0. The van der Waals surface area contributed by atoms with Crippen LogP contribution in [0.3, 0.4) is 0 Å². The molecule has 0 aliphatic carbocycles. The van der Waals surface area contributed by atoms with Gasteiger partial charge in [-0.3, -0.25) is 10.1 Å². The molecule has 0 saturated carbocycles. The van der Waals surface area contributed by atoms with Crippen LogP contribution in [0.1, 0.15) is 57.7 Å². The van der Waals surface area contributed by atoms with Crippen molar-refractivity contribution >= 4 is 22.8 Å². The first-order valence-electron chi connectivity index (χ1n) is 16.3. The molecule has 46 heavy (non-hydrogen) atoms. The molecule has 2 aliphatic rings. The number of nitro benzene ring substituents is 1. The van der Waals surface area contributed by atoms with Crippen molar-refractivity contribution in [1.29, 1.82) is 0 Å². The Morgan fingerprint density at radius 3 is 2.24 bits per heavy atom. The lowest BCUT2D eigenvalue weighted by Crippen LogP contribution is -2.29. The molecule has 0 spiro atoms. The van der Waals surface area contributed by atoms with Crippen molar-refractivity contribution < 1.29 is 9.50 Å². The second kappa shape index (κ2) is 12.2. The summed E-state index contributed by atoms with van der Waals surface area (Å²) in [6.45, 7) is 12.4. The van der Waals surface area contributed by atoms with Crippen LogP contribution in [0.2, 0.25) is 0 Å². The topological polar surface area (TPSA) is 49.4 Å². The lowest BCUT2D eigenvalue weighted by molar-refractivity contribution is -0.439. The van der Waals surface area contributed by atoms with E-state index in [1.165, 1.54) is 33.7 Å². The van der Waals surface area contributed by atoms with E-state index < -0.39 is 5.41 Å². The molecule has 4 aromatic carbocycles. The molecule has 0 bridgehead atoms. The van der Waals surface area contributed by atoms with Gasteiger partial charge in [0.1, 0.15) is 6.54 Å². The maximum absolute atomic E-state index is 11.8. The Balaban J connectivity index is 1.42. The van der Waals surface area contributed by atoms with Gasteiger partial charge in [-0.15, -0.1) is 0 Å². The number of benzene rings is 4. The largest absolute Gasteiger partial charge is 0.347 e. The molecule has 0 radical (unpaired) electrons. The van der Waals surface area contributed by atoms with Crippen molar-refractivity contribution in [3.63, 3.8) is 0 Å². The first-order chi connectivity index (χ1) is 22.0. The van der Waals surface area contributed by atoms with Crippen LogP contribution in [0.5, 0.6) is 0 Å². The summed E-state index contributed by atoms with van der Waals surface area (Å²) in [6.07, 6.45) is 8.54. The van der Waals surface area contributed by atoms with Crippen molar-refractivity contribution in [1.82, 2.24) is 0 Å². The zero-order chi connectivity index (χ0) is 32.6. The highest BCUT2D eigenvalue weighted by Crippen LogP contribution is 2.50. The Bertz CT molecular complexity index is 1870. The molecule has 5 nitrogen and oxygen atoms in total. The van der Waals surface area contributed by atoms with Gasteiger partial charge in [0.2, 0.25) is 5.69 Å². The van der Waals surface area contributed by atoms with Crippen LogP contribution in [0, 0.1) is 16.0 Å². The molecule has 2 aliphatic heterocycles. The Labute approximate surface area is 273 Å². The van der Waals surface area contributed by atoms with Crippen molar-refractivity contribution in [2.45, 2.75) is 58.3 Å². The van der Waals surface area contributed by atoms with Crippen LogP contribution in [-0.2, 0) is 17.3 Å². The average molecular weight is 611 g/mol. The standard InChI is InChI=1S/C41H44N3O2/c1-29(2)24-25-43-37-22-20-32(31-16-11-8-12-17-31)26-34(37)40(3,4)38(43)18-13-19-39-41(5,28-30-14-9-7-10-15-30)35-27-33(44(45)46)21-23-36(35)42(39)6/h7-23,26-27,29H,24-25,28H2,1-6H3/q+1. The van der Waals surface area contributed by atoms with E-state index in [-0.39, 0.29) is 16.0 Å². The molecule has 1 atom stereocenters. The lowest BCUT2D eigenvalue weighted by Gasteiger charge is -2.29. The van der Waals surface area contributed by atoms with Crippen LogP contribution in [0.4, 0.5) is 17.1 Å². The van der Waals surface area contributed by atoms with E-state index in [0.717, 1.165) is 36.3 Å². The minimum atomic E-state index is -0.442. The smallest absolute Gasteiger partial charge is 0.269 e. The van der Waals surface area contributed by atoms with Crippen molar-refractivity contribution in [2.75, 3.05) is 18.5 Å². The Kier molecular flexibility index (Phi) is 8.28. The zero-order valence-corrected chi connectivity index (χ0v) is 27.8. The summed E-state index contributed by atoms with van der Waals surface area (Å²) in [4.78, 5) is 13.7. The summed E-state index contributed by atoms with van der Waals surface area (Å²) in [5, 5.41) is 11.8. The molecule has 2 heterocycles. The minimum absolute atomic E-state index is 0.125. The van der Waals surface area contributed by atoms with Gasteiger partial charge in [-0.2, -0.15) is 4.58 Å². The molecule has 1 unspecified atom stereocenters. The Morgan fingerprint density at radius 1 is 0.870 bits per heavy atom. The quantitative estimate of drug-likeness (QED) is 0.108. The number of non-ortho nitro benzene ring substituents is 1. The number of hydrogen-bond donors (Lipinski definition) is 0. The van der Waals surface area contributed by atoms with Crippen molar-refractivity contribution in [3.05, 3.63) is 148 Å². The number of fused-ring (bicyclic) bond motifs is 2. The average Bonchev–Trinajstić information content (AvgIpc) is 3.38. The monoisotopic (exact) mass is 610 g/mol. The van der Waals surface area contributed by atoms with Crippen molar-refractivity contribution in [2.24, 2.45) is 5.92 Å². The predicted molar refractivity (Wildman–Crippen MR) is 190 cm³/mol. The van der Waals surface area contributed by atoms with E-state index in [0.29, 0.717) is 5.92 Å². The van der Waals surface area contributed by atoms with Gasteiger partial charge in [0.15, 0.2) is 5.71 Å². The molecule has 0 N–H and O–H groups in total. The maximum atomic E-state index is 11.8. The van der Waals surface area contributed by atoms with Crippen LogP contribution < -0.4 is 4.90 Å². The molecule has 234 valence electrons. The summed E-state index contributed by atoms with van der Waals surface area (Å²) < 4.78 is 2.51. The van der Waals surface area contributed by atoms with Gasteiger partial charge in [-0.1, -0.05) is 80.6 Å². The highest BCUT2D eigenvalue weighted by molar-refractivity contribution is 6.03. The third-order valence-corrected chi connectivity index (χ3v) is 9.91. The summed E-state index contributed by atoms with van der Waals surface area (Å²) in [5.41, 5.74) is 10.2.